The van der Waals surface area contributed by atoms with Crippen LogP contribution in [0.5, 0.6) is 23.0 Å². The van der Waals surface area contributed by atoms with Crippen LogP contribution in [0.15, 0.2) is 72.8 Å². The van der Waals surface area contributed by atoms with Gasteiger partial charge in [0, 0.05) is 6.07 Å². The van der Waals surface area contributed by atoms with Crippen molar-refractivity contribution >= 4 is 28.7 Å². The third-order valence-electron chi connectivity index (χ3n) is 3.76. The first-order valence-corrected chi connectivity index (χ1v) is 8.72. The second-order valence-corrected chi connectivity index (χ2v) is 5.96. The molecule has 0 spiro atoms. The lowest BCUT2D eigenvalue weighted by Crippen LogP contribution is -2.19. The molecule has 3 rings (SSSR count). The van der Waals surface area contributed by atoms with Gasteiger partial charge in [-0.15, -0.1) is 0 Å². The first-order valence-electron chi connectivity index (χ1n) is 8.31. The van der Waals surface area contributed by atoms with E-state index in [-0.39, 0.29) is 0 Å². The molecule has 0 aliphatic carbocycles. The molecule has 5 nitrogen and oxygen atoms in total. The lowest BCUT2D eigenvalue weighted by Gasteiger charge is -2.16. The van der Waals surface area contributed by atoms with Crippen molar-refractivity contribution < 1.29 is 14.2 Å². The fourth-order valence-electron chi connectivity index (χ4n) is 2.46. The number of methoxy groups -OCH3 is 2. The SMILES string of the molecule is COc1ccc(OC)c(NC(=S)Nc2ccccc2Oc2ccccc2)c1. The second kappa shape index (κ2) is 8.91. The predicted molar refractivity (Wildman–Crippen MR) is 112 cm³/mol. The molecule has 6 heteroatoms. The van der Waals surface area contributed by atoms with Crippen molar-refractivity contribution in [1.82, 2.24) is 0 Å². The van der Waals surface area contributed by atoms with Gasteiger partial charge in [-0.1, -0.05) is 30.3 Å². The van der Waals surface area contributed by atoms with Crippen LogP contribution < -0.4 is 24.8 Å². The minimum Gasteiger partial charge on any atom is -0.497 e. The van der Waals surface area contributed by atoms with E-state index in [0.717, 1.165) is 11.4 Å². The summed E-state index contributed by atoms with van der Waals surface area (Å²) in [5.74, 6) is 2.79. The number of rotatable bonds is 6. The summed E-state index contributed by atoms with van der Waals surface area (Å²) >= 11 is 5.46. The summed E-state index contributed by atoms with van der Waals surface area (Å²) < 4.78 is 16.6. The van der Waals surface area contributed by atoms with Gasteiger partial charge in [-0.3, -0.25) is 0 Å². The van der Waals surface area contributed by atoms with E-state index in [0.29, 0.717) is 28.0 Å². The molecule has 0 heterocycles. The largest absolute Gasteiger partial charge is 0.497 e. The van der Waals surface area contributed by atoms with Gasteiger partial charge in [0.1, 0.15) is 17.2 Å². The molecule has 27 heavy (non-hydrogen) atoms. The number of hydrogen-bond donors (Lipinski definition) is 2. The molecular weight excluding hydrogens is 360 g/mol. The van der Waals surface area contributed by atoms with Crippen molar-refractivity contribution in [2.75, 3.05) is 24.9 Å². The van der Waals surface area contributed by atoms with Crippen LogP contribution in [0, 0.1) is 0 Å². The highest BCUT2D eigenvalue weighted by Crippen LogP contribution is 2.31. The molecule has 0 bridgehead atoms. The Kier molecular flexibility index (Phi) is 6.12. The van der Waals surface area contributed by atoms with Gasteiger partial charge in [0.2, 0.25) is 0 Å². The van der Waals surface area contributed by atoms with Gasteiger partial charge in [0.25, 0.3) is 0 Å². The molecule has 0 aliphatic heterocycles. The Balaban J connectivity index is 1.75. The molecule has 3 aromatic carbocycles. The standard InChI is InChI=1S/C21H20N2O3S/c1-24-16-12-13-19(25-2)18(14-16)23-21(27)22-17-10-6-7-11-20(17)26-15-8-4-3-5-9-15/h3-14H,1-2H3,(H2,22,23,27). The number of para-hydroxylation sites is 3. The molecule has 0 saturated carbocycles. The van der Waals surface area contributed by atoms with Crippen LogP contribution in [0.2, 0.25) is 0 Å². The molecule has 138 valence electrons. The number of nitrogens with one attached hydrogen (secondary N) is 2. The Labute approximate surface area is 163 Å². The highest BCUT2D eigenvalue weighted by Gasteiger charge is 2.10. The van der Waals surface area contributed by atoms with Crippen LogP contribution in [0.4, 0.5) is 11.4 Å². The minimum atomic E-state index is 0.408. The van der Waals surface area contributed by atoms with Gasteiger partial charge < -0.3 is 24.8 Å². The van der Waals surface area contributed by atoms with Crippen molar-refractivity contribution in [3.63, 3.8) is 0 Å². The number of hydrogen-bond acceptors (Lipinski definition) is 4. The summed E-state index contributed by atoms with van der Waals surface area (Å²) in [7, 11) is 3.21. The molecule has 0 aromatic heterocycles. The average molecular weight is 380 g/mol. The monoisotopic (exact) mass is 380 g/mol. The molecule has 0 amide bonds. The number of thiocarbonyl (C=S) groups is 1. The van der Waals surface area contributed by atoms with Crippen molar-refractivity contribution in [3.05, 3.63) is 72.8 Å². The molecular formula is C21H20N2O3S. The lowest BCUT2D eigenvalue weighted by molar-refractivity contribution is 0.405. The van der Waals surface area contributed by atoms with E-state index in [1.165, 1.54) is 0 Å². The van der Waals surface area contributed by atoms with Crippen LogP contribution in [-0.2, 0) is 0 Å². The Bertz CT molecular complexity index is 916. The zero-order valence-electron chi connectivity index (χ0n) is 15.1. The third-order valence-corrected chi connectivity index (χ3v) is 3.97. The van der Waals surface area contributed by atoms with E-state index in [9.17, 15) is 0 Å². The van der Waals surface area contributed by atoms with Crippen LogP contribution >= 0.6 is 12.2 Å². The summed E-state index contributed by atoms with van der Waals surface area (Å²) in [4.78, 5) is 0. The molecule has 0 atom stereocenters. The molecule has 0 radical (unpaired) electrons. The highest BCUT2D eigenvalue weighted by molar-refractivity contribution is 7.80. The van der Waals surface area contributed by atoms with E-state index in [4.69, 9.17) is 26.4 Å². The number of anilines is 2. The van der Waals surface area contributed by atoms with Gasteiger partial charge >= 0.3 is 0 Å². The highest BCUT2D eigenvalue weighted by atomic mass is 32.1. The van der Waals surface area contributed by atoms with E-state index in [1.54, 1.807) is 14.2 Å². The Morgan fingerprint density at radius 1 is 0.704 bits per heavy atom. The smallest absolute Gasteiger partial charge is 0.175 e. The van der Waals surface area contributed by atoms with E-state index < -0.39 is 0 Å². The van der Waals surface area contributed by atoms with Crippen LogP contribution in [0.1, 0.15) is 0 Å². The maximum Gasteiger partial charge on any atom is 0.175 e. The zero-order valence-corrected chi connectivity index (χ0v) is 15.9. The number of benzene rings is 3. The predicted octanol–water partition coefficient (Wildman–Crippen LogP) is 5.31. The topological polar surface area (TPSA) is 51.8 Å². The average Bonchev–Trinajstić information content (AvgIpc) is 2.70. The first-order chi connectivity index (χ1) is 13.2. The Hall–Kier alpha value is -3.25. The minimum absolute atomic E-state index is 0.408. The molecule has 0 fully saturated rings. The normalized spacial score (nSPS) is 10.0. The van der Waals surface area contributed by atoms with Gasteiger partial charge in [0.15, 0.2) is 10.9 Å². The van der Waals surface area contributed by atoms with Gasteiger partial charge in [-0.05, 0) is 48.6 Å². The van der Waals surface area contributed by atoms with Gasteiger partial charge in [-0.2, -0.15) is 0 Å². The van der Waals surface area contributed by atoms with Crippen LogP contribution in [0.3, 0.4) is 0 Å². The summed E-state index contributed by atoms with van der Waals surface area (Å²) in [6.07, 6.45) is 0. The zero-order chi connectivity index (χ0) is 19.1. The van der Waals surface area contributed by atoms with Crippen molar-refractivity contribution in [2.45, 2.75) is 0 Å². The fraction of sp³-hybridized carbons (Fsp3) is 0.0952. The lowest BCUT2D eigenvalue weighted by atomic mass is 10.2. The molecule has 0 saturated heterocycles. The Morgan fingerprint density at radius 2 is 1.41 bits per heavy atom. The first kappa shape index (κ1) is 18.5. The van der Waals surface area contributed by atoms with Crippen molar-refractivity contribution in [3.8, 4) is 23.0 Å². The molecule has 3 aromatic rings. The van der Waals surface area contributed by atoms with Gasteiger partial charge in [-0.25, -0.2) is 0 Å². The van der Waals surface area contributed by atoms with Crippen LogP contribution in [-0.4, -0.2) is 19.3 Å². The van der Waals surface area contributed by atoms with Crippen LogP contribution in [0.25, 0.3) is 0 Å². The van der Waals surface area contributed by atoms with Crippen molar-refractivity contribution in [2.24, 2.45) is 0 Å². The summed E-state index contributed by atoms with van der Waals surface area (Å²) in [5.41, 5.74) is 1.46. The fourth-order valence-corrected chi connectivity index (χ4v) is 2.68. The maximum atomic E-state index is 5.95. The van der Waals surface area contributed by atoms with Crippen molar-refractivity contribution in [1.29, 1.82) is 0 Å². The van der Waals surface area contributed by atoms with E-state index in [1.807, 2.05) is 72.8 Å². The summed E-state index contributed by atoms with van der Waals surface area (Å²) in [5, 5.41) is 6.71. The van der Waals surface area contributed by atoms with Gasteiger partial charge in [0.05, 0.1) is 25.6 Å². The summed E-state index contributed by atoms with van der Waals surface area (Å²) in [6.45, 7) is 0. The molecule has 0 unspecified atom stereocenters. The Morgan fingerprint density at radius 3 is 2.15 bits per heavy atom. The molecule has 0 aliphatic rings. The summed E-state index contributed by atoms with van der Waals surface area (Å²) in [6, 6.07) is 22.6. The second-order valence-electron chi connectivity index (χ2n) is 5.56. The number of ether oxygens (including phenoxy) is 3. The quantitative estimate of drug-likeness (QED) is 0.566. The molecule has 2 N–H and O–H groups in total. The third kappa shape index (κ3) is 4.89. The van der Waals surface area contributed by atoms with E-state index in [2.05, 4.69) is 10.6 Å². The van der Waals surface area contributed by atoms with E-state index >= 15 is 0 Å². The maximum absolute atomic E-state index is 5.95.